The molecule has 1 aromatic rings. The summed E-state index contributed by atoms with van der Waals surface area (Å²) in [5.74, 6) is -0.950. The van der Waals surface area contributed by atoms with Crippen molar-refractivity contribution in [1.82, 2.24) is 0 Å². The molecule has 2 nitrogen and oxygen atoms in total. The van der Waals surface area contributed by atoms with Gasteiger partial charge in [0.15, 0.2) is 0 Å². The molecule has 1 rings (SSSR count). The molecule has 0 aliphatic rings. The fourth-order valence-electron chi connectivity index (χ4n) is 1.08. The molecular formula is C9H9ClO2S. The highest BCUT2D eigenvalue weighted by molar-refractivity contribution is 7.81. The number of hydrogen-bond donors (Lipinski definition) is 2. The summed E-state index contributed by atoms with van der Waals surface area (Å²) in [5, 5.41) is 8.54. The monoisotopic (exact) mass is 216 g/mol. The van der Waals surface area contributed by atoms with Crippen LogP contribution in [0.25, 0.3) is 0 Å². The van der Waals surface area contributed by atoms with E-state index in [9.17, 15) is 4.79 Å². The summed E-state index contributed by atoms with van der Waals surface area (Å²) in [5.41, 5.74) is 1.52. The zero-order chi connectivity index (χ0) is 10.0. The van der Waals surface area contributed by atoms with Crippen molar-refractivity contribution in [1.29, 1.82) is 0 Å². The molecule has 4 heteroatoms. The van der Waals surface area contributed by atoms with Crippen LogP contribution in [-0.4, -0.2) is 11.1 Å². The highest BCUT2D eigenvalue weighted by Gasteiger charge is 2.16. The van der Waals surface area contributed by atoms with E-state index >= 15 is 0 Å². The Balaban J connectivity index is 3.08. The predicted octanol–water partition coefficient (Wildman–Crippen LogP) is 2.70. The van der Waals surface area contributed by atoms with Crippen molar-refractivity contribution in [3.05, 3.63) is 34.3 Å². The van der Waals surface area contributed by atoms with Crippen LogP contribution in [0, 0.1) is 6.92 Å². The number of thiol groups is 1. The van der Waals surface area contributed by atoms with Crippen molar-refractivity contribution < 1.29 is 9.90 Å². The third kappa shape index (κ3) is 2.39. The summed E-state index contributed by atoms with van der Waals surface area (Å²) in [4.78, 5) is 10.6. The lowest BCUT2D eigenvalue weighted by molar-refractivity contribution is -0.136. The molecule has 0 saturated carbocycles. The molecule has 0 aliphatic carbocycles. The van der Waals surface area contributed by atoms with Gasteiger partial charge in [-0.3, -0.25) is 4.79 Å². The average Bonchev–Trinajstić information content (AvgIpc) is 2.03. The maximum Gasteiger partial charge on any atom is 0.320 e. The molecule has 0 radical (unpaired) electrons. The van der Waals surface area contributed by atoms with E-state index in [1.807, 2.05) is 6.92 Å². The number of carboxylic acids is 1. The molecule has 0 aromatic heterocycles. The molecule has 0 aliphatic heterocycles. The van der Waals surface area contributed by atoms with Gasteiger partial charge in [0, 0.05) is 5.02 Å². The molecule has 1 atom stereocenters. The smallest absolute Gasteiger partial charge is 0.320 e. The molecule has 0 fully saturated rings. The van der Waals surface area contributed by atoms with Gasteiger partial charge in [-0.25, -0.2) is 0 Å². The van der Waals surface area contributed by atoms with Crippen LogP contribution in [0.1, 0.15) is 16.4 Å². The topological polar surface area (TPSA) is 37.3 Å². The van der Waals surface area contributed by atoms with E-state index in [-0.39, 0.29) is 0 Å². The highest BCUT2D eigenvalue weighted by atomic mass is 35.5. The van der Waals surface area contributed by atoms with Crippen LogP contribution >= 0.6 is 24.2 Å². The molecule has 0 bridgehead atoms. The summed E-state index contributed by atoms with van der Waals surface area (Å²) in [6.45, 7) is 1.81. The van der Waals surface area contributed by atoms with E-state index in [2.05, 4.69) is 12.6 Å². The number of carbonyl (C=O) groups is 1. The van der Waals surface area contributed by atoms with Crippen LogP contribution in [-0.2, 0) is 4.79 Å². The fourth-order valence-corrected chi connectivity index (χ4v) is 1.60. The minimum atomic E-state index is -0.950. The van der Waals surface area contributed by atoms with E-state index in [4.69, 9.17) is 16.7 Å². The number of aryl methyl sites for hydroxylation is 1. The molecule has 1 N–H and O–H groups in total. The first-order valence-corrected chi connectivity index (χ1v) is 4.58. The number of aliphatic carboxylic acids is 1. The standard InChI is InChI=1S/C9H9ClO2S/c1-5-4-6(10)2-3-7(5)8(13)9(11)12/h2-4,8,13H,1H3,(H,11,12). The second-order valence-corrected chi connectivity index (χ2v) is 3.69. The number of hydrogen-bond acceptors (Lipinski definition) is 2. The normalized spacial score (nSPS) is 12.5. The summed E-state index contributed by atoms with van der Waals surface area (Å²) in [6.07, 6.45) is 0. The van der Waals surface area contributed by atoms with Gasteiger partial charge < -0.3 is 5.11 Å². The van der Waals surface area contributed by atoms with Gasteiger partial charge in [-0.1, -0.05) is 17.7 Å². The van der Waals surface area contributed by atoms with Gasteiger partial charge in [0.25, 0.3) is 0 Å². The van der Waals surface area contributed by atoms with Gasteiger partial charge >= 0.3 is 5.97 Å². The van der Waals surface area contributed by atoms with E-state index in [1.165, 1.54) is 0 Å². The van der Waals surface area contributed by atoms with Gasteiger partial charge in [-0.05, 0) is 30.2 Å². The van der Waals surface area contributed by atoms with Crippen LogP contribution in [0.2, 0.25) is 5.02 Å². The van der Waals surface area contributed by atoms with Crippen molar-refractivity contribution >= 4 is 30.2 Å². The van der Waals surface area contributed by atoms with Crippen LogP contribution in [0.15, 0.2) is 18.2 Å². The molecule has 70 valence electrons. The summed E-state index contributed by atoms with van der Waals surface area (Å²) in [7, 11) is 0. The first-order valence-electron chi connectivity index (χ1n) is 3.69. The van der Waals surface area contributed by atoms with Crippen LogP contribution in [0.5, 0.6) is 0 Å². The Morgan fingerprint density at radius 2 is 2.23 bits per heavy atom. The van der Waals surface area contributed by atoms with Crippen LogP contribution in [0.3, 0.4) is 0 Å². The summed E-state index contributed by atoms with van der Waals surface area (Å²) >= 11 is 9.70. The van der Waals surface area contributed by atoms with Crippen LogP contribution in [0.4, 0.5) is 0 Å². The molecule has 1 unspecified atom stereocenters. The Bertz CT molecular complexity index is 338. The maximum atomic E-state index is 10.6. The van der Waals surface area contributed by atoms with Gasteiger partial charge in [0.2, 0.25) is 0 Å². The van der Waals surface area contributed by atoms with Crippen molar-refractivity contribution in [2.45, 2.75) is 12.2 Å². The fraction of sp³-hybridized carbons (Fsp3) is 0.222. The van der Waals surface area contributed by atoms with E-state index < -0.39 is 11.2 Å². The maximum absolute atomic E-state index is 10.6. The van der Waals surface area contributed by atoms with E-state index in [0.29, 0.717) is 10.6 Å². The minimum Gasteiger partial charge on any atom is -0.480 e. The largest absolute Gasteiger partial charge is 0.480 e. The number of rotatable bonds is 2. The lowest BCUT2D eigenvalue weighted by Gasteiger charge is -2.09. The zero-order valence-corrected chi connectivity index (χ0v) is 8.64. The highest BCUT2D eigenvalue weighted by Crippen LogP contribution is 2.25. The molecule has 0 spiro atoms. The Labute approximate surface area is 86.9 Å². The lowest BCUT2D eigenvalue weighted by atomic mass is 10.1. The third-order valence-corrected chi connectivity index (χ3v) is 2.49. The Kier molecular flexibility index (Phi) is 3.22. The molecular weight excluding hydrogens is 208 g/mol. The number of halogens is 1. The number of carboxylic acid groups (broad SMARTS) is 1. The Hall–Kier alpha value is -0.670. The van der Waals surface area contributed by atoms with Crippen molar-refractivity contribution in [3.63, 3.8) is 0 Å². The molecule has 0 saturated heterocycles. The van der Waals surface area contributed by atoms with Gasteiger partial charge in [0.1, 0.15) is 5.25 Å². The second kappa shape index (κ2) is 4.03. The van der Waals surface area contributed by atoms with Gasteiger partial charge in [-0.15, -0.1) is 0 Å². The zero-order valence-electron chi connectivity index (χ0n) is 6.99. The SMILES string of the molecule is Cc1cc(Cl)ccc1C(S)C(=O)O. The predicted molar refractivity (Wildman–Crippen MR) is 55.6 cm³/mol. The molecule has 1 aromatic carbocycles. The first-order chi connectivity index (χ1) is 6.02. The summed E-state index contributed by atoms with van der Waals surface area (Å²) < 4.78 is 0. The van der Waals surface area contributed by atoms with Crippen LogP contribution < -0.4 is 0 Å². The van der Waals surface area contributed by atoms with E-state index in [0.717, 1.165) is 5.56 Å². The first kappa shape index (κ1) is 10.4. The third-order valence-electron chi connectivity index (χ3n) is 1.76. The Morgan fingerprint density at radius 1 is 1.62 bits per heavy atom. The second-order valence-electron chi connectivity index (χ2n) is 2.74. The van der Waals surface area contributed by atoms with E-state index in [1.54, 1.807) is 18.2 Å². The van der Waals surface area contributed by atoms with Gasteiger partial charge in [-0.2, -0.15) is 12.6 Å². The molecule has 0 amide bonds. The van der Waals surface area contributed by atoms with Crippen molar-refractivity contribution in [2.24, 2.45) is 0 Å². The minimum absolute atomic E-state index is 0.604. The van der Waals surface area contributed by atoms with Gasteiger partial charge in [0.05, 0.1) is 0 Å². The summed E-state index contributed by atoms with van der Waals surface area (Å²) in [6, 6.07) is 5.07. The molecule has 0 heterocycles. The Morgan fingerprint density at radius 3 is 2.69 bits per heavy atom. The van der Waals surface area contributed by atoms with Crippen molar-refractivity contribution in [3.8, 4) is 0 Å². The quantitative estimate of drug-likeness (QED) is 0.746. The van der Waals surface area contributed by atoms with Crippen molar-refractivity contribution in [2.75, 3.05) is 0 Å². The average molecular weight is 217 g/mol. The lowest BCUT2D eigenvalue weighted by Crippen LogP contribution is -2.06. The molecule has 13 heavy (non-hydrogen) atoms. The number of benzene rings is 1.